The van der Waals surface area contributed by atoms with Gasteiger partial charge in [-0.1, -0.05) is 39.3 Å². The second-order valence-corrected chi connectivity index (χ2v) is 7.17. The zero-order valence-electron chi connectivity index (χ0n) is 15.4. The van der Waals surface area contributed by atoms with Crippen molar-refractivity contribution in [1.29, 1.82) is 0 Å². The second-order valence-electron chi connectivity index (χ2n) is 7.17. The van der Waals surface area contributed by atoms with Crippen LogP contribution in [0.15, 0.2) is 24.3 Å². The van der Waals surface area contributed by atoms with Crippen molar-refractivity contribution in [1.82, 2.24) is 0 Å². The fraction of sp³-hybridized carbons (Fsp3) is 0.632. The average molecular weight is 320 g/mol. The van der Waals surface area contributed by atoms with Gasteiger partial charge in [-0.15, -0.1) is 0 Å². The third-order valence-corrected chi connectivity index (χ3v) is 3.80. The molecule has 0 spiro atoms. The number of hydrogen-bond donors (Lipinski definition) is 2. The molecule has 0 fully saturated rings. The van der Waals surface area contributed by atoms with Crippen LogP contribution in [0.5, 0.6) is 0 Å². The molecule has 1 aromatic rings. The van der Waals surface area contributed by atoms with Crippen molar-refractivity contribution < 1.29 is 9.53 Å². The Morgan fingerprint density at radius 2 is 1.74 bits per heavy atom. The highest BCUT2D eigenvalue weighted by atomic mass is 16.6. The van der Waals surface area contributed by atoms with Gasteiger partial charge in [0.1, 0.15) is 5.60 Å². The Morgan fingerprint density at radius 3 is 2.26 bits per heavy atom. The molecule has 2 N–H and O–H groups in total. The second kappa shape index (κ2) is 8.80. The zero-order valence-corrected chi connectivity index (χ0v) is 15.4. The van der Waals surface area contributed by atoms with Crippen LogP contribution in [0, 0.1) is 5.92 Å². The lowest BCUT2D eigenvalue weighted by molar-refractivity contribution is 0.0636. The largest absolute Gasteiger partial charge is 0.444 e. The van der Waals surface area contributed by atoms with E-state index >= 15 is 0 Å². The normalized spacial score (nSPS) is 14.0. The van der Waals surface area contributed by atoms with E-state index in [1.807, 2.05) is 45.0 Å². The summed E-state index contributed by atoms with van der Waals surface area (Å²) in [5, 5.41) is 6.40. The summed E-state index contributed by atoms with van der Waals surface area (Å²) >= 11 is 0. The number of hydrogen-bond acceptors (Lipinski definition) is 3. The monoisotopic (exact) mass is 320 g/mol. The lowest BCUT2D eigenvalue weighted by Crippen LogP contribution is -2.28. The molecule has 0 heterocycles. The smallest absolute Gasteiger partial charge is 0.412 e. The summed E-state index contributed by atoms with van der Waals surface area (Å²) in [5.41, 5.74) is 1.19. The summed E-state index contributed by atoms with van der Waals surface area (Å²) in [7, 11) is 0. The Kier molecular flexibility index (Phi) is 7.40. The summed E-state index contributed by atoms with van der Waals surface area (Å²) in [6.45, 7) is 12.2. The van der Waals surface area contributed by atoms with Crippen molar-refractivity contribution in [3.63, 3.8) is 0 Å². The maximum Gasteiger partial charge on any atom is 0.412 e. The Hall–Kier alpha value is -1.71. The lowest BCUT2D eigenvalue weighted by Gasteiger charge is -2.24. The van der Waals surface area contributed by atoms with Gasteiger partial charge in [0.15, 0.2) is 0 Å². The molecule has 4 heteroatoms. The molecular formula is C19H32N2O2. The van der Waals surface area contributed by atoms with Crippen LogP contribution in [0.3, 0.4) is 0 Å². The van der Waals surface area contributed by atoms with Gasteiger partial charge < -0.3 is 10.1 Å². The molecule has 0 saturated heterocycles. The standard InChI is InChI=1S/C19H32N2O2/c1-7-14(3)13-15(8-2)20-16-11-9-10-12-17(16)21-18(22)23-19(4,5)6/h9-12,14-15,20H,7-8,13H2,1-6H3,(H,21,22). The van der Waals surface area contributed by atoms with Gasteiger partial charge in [0.2, 0.25) is 0 Å². The van der Waals surface area contributed by atoms with Crippen LogP contribution in [-0.2, 0) is 4.74 Å². The predicted molar refractivity (Wildman–Crippen MR) is 98.1 cm³/mol. The molecule has 0 aromatic heterocycles. The summed E-state index contributed by atoms with van der Waals surface area (Å²) in [6.07, 6.45) is 2.91. The number of anilines is 2. The van der Waals surface area contributed by atoms with Crippen LogP contribution >= 0.6 is 0 Å². The van der Waals surface area contributed by atoms with Crippen molar-refractivity contribution in [2.45, 2.75) is 72.4 Å². The maximum atomic E-state index is 12.0. The van der Waals surface area contributed by atoms with E-state index in [2.05, 4.69) is 31.4 Å². The Bertz CT molecular complexity index is 494. The van der Waals surface area contributed by atoms with Crippen LogP contribution in [0.4, 0.5) is 16.2 Å². The number of para-hydroxylation sites is 2. The molecule has 1 rings (SSSR count). The first-order chi connectivity index (χ1) is 10.7. The third kappa shape index (κ3) is 7.40. The van der Waals surface area contributed by atoms with Crippen LogP contribution in [-0.4, -0.2) is 17.7 Å². The SMILES string of the molecule is CCC(C)CC(CC)Nc1ccccc1NC(=O)OC(C)(C)C. The third-order valence-electron chi connectivity index (χ3n) is 3.80. The van der Waals surface area contributed by atoms with Crippen molar-refractivity contribution in [2.24, 2.45) is 5.92 Å². The van der Waals surface area contributed by atoms with E-state index in [0.29, 0.717) is 12.0 Å². The van der Waals surface area contributed by atoms with Crippen molar-refractivity contribution in [2.75, 3.05) is 10.6 Å². The van der Waals surface area contributed by atoms with Crippen LogP contribution < -0.4 is 10.6 Å². The van der Waals surface area contributed by atoms with Crippen molar-refractivity contribution in [3.05, 3.63) is 24.3 Å². The molecule has 0 aliphatic carbocycles. The molecule has 1 amide bonds. The number of carbonyl (C=O) groups is 1. The highest BCUT2D eigenvalue weighted by molar-refractivity contribution is 5.89. The van der Waals surface area contributed by atoms with E-state index in [4.69, 9.17) is 4.74 Å². The van der Waals surface area contributed by atoms with Crippen LogP contribution in [0.2, 0.25) is 0 Å². The molecular weight excluding hydrogens is 288 g/mol. The molecule has 23 heavy (non-hydrogen) atoms. The van der Waals surface area contributed by atoms with Crippen molar-refractivity contribution >= 4 is 17.5 Å². The molecule has 0 saturated carbocycles. The number of rotatable bonds is 7. The van der Waals surface area contributed by atoms with Gasteiger partial charge in [-0.3, -0.25) is 5.32 Å². The van der Waals surface area contributed by atoms with Gasteiger partial charge in [0.25, 0.3) is 0 Å². The van der Waals surface area contributed by atoms with Gasteiger partial charge in [0.05, 0.1) is 11.4 Å². The number of nitrogens with one attached hydrogen (secondary N) is 2. The molecule has 130 valence electrons. The summed E-state index contributed by atoms with van der Waals surface area (Å²) in [5.74, 6) is 0.679. The van der Waals surface area contributed by atoms with Gasteiger partial charge in [-0.05, 0) is 51.7 Å². The maximum absolute atomic E-state index is 12.0. The number of benzene rings is 1. The quantitative estimate of drug-likeness (QED) is 0.681. The minimum Gasteiger partial charge on any atom is -0.444 e. The highest BCUT2D eigenvalue weighted by Crippen LogP contribution is 2.25. The molecule has 1 aromatic carbocycles. The topological polar surface area (TPSA) is 50.4 Å². The van der Waals surface area contributed by atoms with Crippen LogP contribution in [0.1, 0.15) is 60.8 Å². The van der Waals surface area contributed by atoms with Crippen LogP contribution in [0.25, 0.3) is 0 Å². The minimum absolute atomic E-state index is 0.395. The molecule has 0 aliphatic rings. The average Bonchev–Trinajstić information content (AvgIpc) is 2.46. The first-order valence-corrected chi connectivity index (χ1v) is 8.60. The predicted octanol–water partition coefficient (Wildman–Crippen LogP) is 5.66. The highest BCUT2D eigenvalue weighted by Gasteiger charge is 2.18. The fourth-order valence-corrected chi connectivity index (χ4v) is 2.33. The molecule has 2 unspecified atom stereocenters. The number of amides is 1. The van der Waals surface area contributed by atoms with E-state index in [0.717, 1.165) is 24.2 Å². The Balaban J connectivity index is 2.78. The van der Waals surface area contributed by atoms with E-state index in [1.165, 1.54) is 6.42 Å². The van der Waals surface area contributed by atoms with Gasteiger partial charge in [0, 0.05) is 6.04 Å². The van der Waals surface area contributed by atoms with Crippen molar-refractivity contribution in [3.8, 4) is 0 Å². The molecule has 2 atom stereocenters. The Morgan fingerprint density at radius 1 is 1.13 bits per heavy atom. The van der Waals surface area contributed by atoms with E-state index in [-0.39, 0.29) is 0 Å². The number of ether oxygens (including phenoxy) is 1. The fourth-order valence-electron chi connectivity index (χ4n) is 2.33. The lowest BCUT2D eigenvalue weighted by atomic mass is 9.97. The van der Waals surface area contributed by atoms with Gasteiger partial charge in [-0.2, -0.15) is 0 Å². The Labute approximate surface area is 141 Å². The van der Waals surface area contributed by atoms with Gasteiger partial charge >= 0.3 is 6.09 Å². The number of carbonyl (C=O) groups excluding carboxylic acids is 1. The van der Waals surface area contributed by atoms with E-state index < -0.39 is 11.7 Å². The molecule has 0 bridgehead atoms. The first-order valence-electron chi connectivity index (χ1n) is 8.60. The summed E-state index contributed by atoms with van der Waals surface area (Å²) < 4.78 is 5.33. The summed E-state index contributed by atoms with van der Waals surface area (Å²) in [4.78, 5) is 12.0. The first kappa shape index (κ1) is 19.3. The molecule has 4 nitrogen and oxygen atoms in total. The molecule has 0 aliphatic heterocycles. The van der Waals surface area contributed by atoms with E-state index in [9.17, 15) is 4.79 Å². The molecule has 0 radical (unpaired) electrons. The summed E-state index contributed by atoms with van der Waals surface area (Å²) in [6, 6.07) is 8.16. The van der Waals surface area contributed by atoms with Gasteiger partial charge in [-0.25, -0.2) is 4.79 Å². The van der Waals surface area contributed by atoms with E-state index in [1.54, 1.807) is 0 Å². The zero-order chi connectivity index (χ0) is 17.5. The minimum atomic E-state index is -0.505.